The smallest absolute Gasteiger partial charge is 0.253 e. The third-order valence-electron chi connectivity index (χ3n) is 4.18. The first kappa shape index (κ1) is 16.9. The Morgan fingerprint density at radius 1 is 1.32 bits per heavy atom. The number of pyridine rings is 1. The lowest BCUT2D eigenvalue weighted by Gasteiger charge is -2.26. The van der Waals surface area contributed by atoms with Gasteiger partial charge in [-0.05, 0) is 12.0 Å². The number of aromatic nitrogens is 3. The van der Waals surface area contributed by atoms with Crippen LogP contribution in [0.3, 0.4) is 0 Å². The molecule has 0 saturated heterocycles. The lowest BCUT2D eigenvalue weighted by atomic mass is 9.98. The molecule has 25 heavy (non-hydrogen) atoms. The fourth-order valence-electron chi connectivity index (χ4n) is 2.92. The average molecular weight is 342 g/mol. The van der Waals surface area contributed by atoms with Crippen LogP contribution in [0.4, 0.5) is 11.5 Å². The topological polar surface area (TPSA) is 92.2 Å². The second-order valence-electron chi connectivity index (χ2n) is 6.64. The standard InChI is InChI=1S/C17H22N6O2/c1-10(2)15(12-7-19-23(4)8-12)21-17(25)11-5-13-16(18-6-11)22(3)9-14(24)20-13/h5-8,10,15H,9H2,1-4H3,(H,20,24)(H,21,25). The van der Waals surface area contributed by atoms with Gasteiger partial charge in [0.2, 0.25) is 5.91 Å². The predicted octanol–water partition coefficient (Wildman–Crippen LogP) is 1.33. The summed E-state index contributed by atoms with van der Waals surface area (Å²) in [5.41, 5.74) is 1.91. The highest BCUT2D eigenvalue weighted by molar-refractivity contribution is 6.02. The minimum absolute atomic E-state index is 0.121. The van der Waals surface area contributed by atoms with E-state index in [1.54, 1.807) is 28.9 Å². The largest absolute Gasteiger partial charge is 0.349 e. The molecule has 2 aromatic rings. The molecule has 3 heterocycles. The second kappa shape index (κ2) is 6.54. The van der Waals surface area contributed by atoms with Gasteiger partial charge in [-0.3, -0.25) is 14.3 Å². The van der Waals surface area contributed by atoms with Crippen molar-refractivity contribution in [2.75, 3.05) is 23.8 Å². The van der Waals surface area contributed by atoms with E-state index in [0.717, 1.165) is 5.56 Å². The van der Waals surface area contributed by atoms with Crippen molar-refractivity contribution >= 4 is 23.3 Å². The maximum Gasteiger partial charge on any atom is 0.253 e. The van der Waals surface area contributed by atoms with Crippen LogP contribution in [0.25, 0.3) is 0 Å². The molecule has 0 bridgehead atoms. The van der Waals surface area contributed by atoms with E-state index in [1.165, 1.54) is 6.20 Å². The highest BCUT2D eigenvalue weighted by Crippen LogP contribution is 2.27. The van der Waals surface area contributed by atoms with Gasteiger partial charge < -0.3 is 15.5 Å². The Hall–Kier alpha value is -2.90. The molecule has 1 aliphatic heterocycles. The van der Waals surface area contributed by atoms with Crippen molar-refractivity contribution in [3.63, 3.8) is 0 Å². The van der Waals surface area contributed by atoms with Crippen LogP contribution >= 0.6 is 0 Å². The summed E-state index contributed by atoms with van der Waals surface area (Å²) in [5, 5.41) is 9.97. The second-order valence-corrected chi connectivity index (χ2v) is 6.64. The molecular formula is C17H22N6O2. The first-order valence-electron chi connectivity index (χ1n) is 8.15. The number of anilines is 2. The van der Waals surface area contributed by atoms with E-state index in [0.29, 0.717) is 17.1 Å². The number of amides is 2. The van der Waals surface area contributed by atoms with Gasteiger partial charge in [-0.25, -0.2) is 4.98 Å². The first-order chi connectivity index (χ1) is 11.8. The van der Waals surface area contributed by atoms with Crippen LogP contribution in [-0.4, -0.2) is 40.2 Å². The third-order valence-corrected chi connectivity index (χ3v) is 4.18. The van der Waals surface area contributed by atoms with Crippen LogP contribution in [0.2, 0.25) is 0 Å². The molecule has 0 fully saturated rings. The normalized spacial score (nSPS) is 14.9. The van der Waals surface area contributed by atoms with E-state index in [1.807, 2.05) is 27.1 Å². The van der Waals surface area contributed by atoms with Crippen molar-refractivity contribution in [2.24, 2.45) is 13.0 Å². The molecule has 8 heteroatoms. The number of hydrogen-bond acceptors (Lipinski definition) is 5. The molecule has 0 radical (unpaired) electrons. The van der Waals surface area contributed by atoms with E-state index in [-0.39, 0.29) is 30.3 Å². The number of aryl methyl sites for hydroxylation is 1. The third kappa shape index (κ3) is 3.47. The van der Waals surface area contributed by atoms with Gasteiger partial charge in [-0.15, -0.1) is 0 Å². The molecule has 2 N–H and O–H groups in total. The van der Waals surface area contributed by atoms with E-state index < -0.39 is 0 Å². The summed E-state index contributed by atoms with van der Waals surface area (Å²) in [6.07, 6.45) is 5.18. The number of carbonyl (C=O) groups excluding carboxylic acids is 2. The fourth-order valence-corrected chi connectivity index (χ4v) is 2.92. The molecule has 1 atom stereocenters. The summed E-state index contributed by atoms with van der Waals surface area (Å²) in [5.74, 6) is 0.499. The molecule has 3 rings (SSSR count). The van der Waals surface area contributed by atoms with E-state index in [2.05, 4.69) is 20.7 Å². The highest BCUT2D eigenvalue weighted by atomic mass is 16.2. The van der Waals surface area contributed by atoms with Crippen molar-refractivity contribution in [1.82, 2.24) is 20.1 Å². The van der Waals surface area contributed by atoms with Crippen LogP contribution in [0.1, 0.15) is 35.8 Å². The number of nitrogens with zero attached hydrogens (tertiary/aromatic N) is 4. The first-order valence-corrected chi connectivity index (χ1v) is 8.15. The van der Waals surface area contributed by atoms with E-state index in [9.17, 15) is 9.59 Å². The SMILES string of the molecule is CC(C)C(NC(=O)c1cnc2c(c1)NC(=O)CN2C)c1cnn(C)c1. The van der Waals surface area contributed by atoms with Crippen LogP contribution in [0, 0.1) is 5.92 Å². The van der Waals surface area contributed by atoms with Gasteiger partial charge in [-0.2, -0.15) is 5.10 Å². The molecule has 1 aliphatic rings. The Kier molecular flexibility index (Phi) is 4.43. The zero-order valence-corrected chi connectivity index (χ0v) is 14.8. The minimum Gasteiger partial charge on any atom is -0.349 e. The molecule has 132 valence electrons. The number of rotatable bonds is 4. The number of fused-ring (bicyclic) bond motifs is 1. The van der Waals surface area contributed by atoms with Gasteiger partial charge in [-0.1, -0.05) is 13.8 Å². The zero-order chi connectivity index (χ0) is 18.1. The summed E-state index contributed by atoms with van der Waals surface area (Å²) >= 11 is 0. The number of carbonyl (C=O) groups is 2. The molecule has 8 nitrogen and oxygen atoms in total. The lowest BCUT2D eigenvalue weighted by molar-refractivity contribution is -0.115. The molecule has 2 amide bonds. The molecule has 0 aromatic carbocycles. The van der Waals surface area contributed by atoms with Crippen molar-refractivity contribution in [3.8, 4) is 0 Å². The lowest BCUT2D eigenvalue weighted by Crippen LogP contribution is -2.36. The quantitative estimate of drug-likeness (QED) is 0.874. The number of likely N-dealkylation sites (N-methyl/N-ethyl adjacent to an activating group) is 1. The Morgan fingerprint density at radius 2 is 2.08 bits per heavy atom. The van der Waals surface area contributed by atoms with Gasteiger partial charge >= 0.3 is 0 Å². The van der Waals surface area contributed by atoms with Crippen LogP contribution in [0.5, 0.6) is 0 Å². The Bertz CT molecular complexity index is 813. The average Bonchev–Trinajstić information content (AvgIpc) is 2.97. The molecule has 0 aliphatic carbocycles. The molecule has 0 spiro atoms. The van der Waals surface area contributed by atoms with Gasteiger partial charge in [0.05, 0.1) is 30.0 Å². The molecular weight excluding hydrogens is 320 g/mol. The zero-order valence-electron chi connectivity index (χ0n) is 14.8. The predicted molar refractivity (Wildman–Crippen MR) is 94.4 cm³/mol. The van der Waals surface area contributed by atoms with Crippen molar-refractivity contribution in [3.05, 3.63) is 35.8 Å². The Morgan fingerprint density at radius 3 is 2.72 bits per heavy atom. The van der Waals surface area contributed by atoms with Gasteiger partial charge in [0.15, 0.2) is 5.82 Å². The molecule has 0 saturated carbocycles. The highest BCUT2D eigenvalue weighted by Gasteiger charge is 2.24. The number of nitrogens with one attached hydrogen (secondary N) is 2. The Balaban J connectivity index is 1.83. The summed E-state index contributed by atoms with van der Waals surface area (Å²) in [4.78, 5) is 30.4. The monoisotopic (exact) mass is 342 g/mol. The summed E-state index contributed by atoms with van der Waals surface area (Å²) in [6.45, 7) is 4.33. The van der Waals surface area contributed by atoms with Crippen LogP contribution in [-0.2, 0) is 11.8 Å². The summed E-state index contributed by atoms with van der Waals surface area (Å²) in [6, 6.07) is 1.50. The van der Waals surface area contributed by atoms with E-state index >= 15 is 0 Å². The van der Waals surface area contributed by atoms with Crippen LogP contribution < -0.4 is 15.5 Å². The molecule has 2 aromatic heterocycles. The maximum atomic E-state index is 12.7. The Labute approximate surface area is 146 Å². The van der Waals surface area contributed by atoms with Gasteiger partial charge in [0, 0.05) is 32.1 Å². The fraction of sp³-hybridized carbons (Fsp3) is 0.412. The van der Waals surface area contributed by atoms with Gasteiger partial charge in [0.25, 0.3) is 5.91 Å². The van der Waals surface area contributed by atoms with E-state index in [4.69, 9.17) is 0 Å². The maximum absolute atomic E-state index is 12.7. The number of hydrogen-bond donors (Lipinski definition) is 2. The molecule has 1 unspecified atom stereocenters. The van der Waals surface area contributed by atoms with Crippen molar-refractivity contribution in [1.29, 1.82) is 0 Å². The summed E-state index contributed by atoms with van der Waals surface area (Å²) in [7, 11) is 3.64. The van der Waals surface area contributed by atoms with Gasteiger partial charge in [0.1, 0.15) is 0 Å². The van der Waals surface area contributed by atoms with Crippen LogP contribution in [0.15, 0.2) is 24.7 Å². The van der Waals surface area contributed by atoms with Crippen molar-refractivity contribution in [2.45, 2.75) is 19.9 Å². The minimum atomic E-state index is -0.236. The summed E-state index contributed by atoms with van der Waals surface area (Å²) < 4.78 is 1.71. The van der Waals surface area contributed by atoms with Crippen molar-refractivity contribution < 1.29 is 9.59 Å².